The minimum Gasteiger partial charge on any atom is -0.496 e. The van der Waals surface area contributed by atoms with E-state index in [9.17, 15) is 4.79 Å². The summed E-state index contributed by atoms with van der Waals surface area (Å²) in [5.41, 5.74) is -0.432. The first kappa shape index (κ1) is 13.8. The van der Waals surface area contributed by atoms with E-state index in [1.807, 2.05) is 36.5 Å². The van der Waals surface area contributed by atoms with Gasteiger partial charge in [-0.05, 0) is 12.2 Å². The summed E-state index contributed by atoms with van der Waals surface area (Å²) in [5.74, 6) is 0.932. The normalized spacial score (nSPS) is 17.9. The second-order valence-corrected chi connectivity index (χ2v) is 4.02. The molecule has 0 radical (unpaired) electrons. The Morgan fingerprint density at radius 3 is 2.85 bits per heavy atom. The largest absolute Gasteiger partial charge is 0.496 e. The minimum atomic E-state index is -0.432. The third-order valence-electron chi connectivity index (χ3n) is 2.55. The zero-order valence-corrected chi connectivity index (χ0v) is 11.1. The van der Waals surface area contributed by atoms with Gasteiger partial charge in [-0.15, -0.1) is 0 Å². The van der Waals surface area contributed by atoms with Gasteiger partial charge in [-0.25, -0.2) is 4.79 Å². The van der Waals surface area contributed by atoms with E-state index in [2.05, 4.69) is 4.99 Å². The van der Waals surface area contributed by atoms with Crippen molar-refractivity contribution in [3.63, 3.8) is 0 Å². The van der Waals surface area contributed by atoms with Crippen LogP contribution in [0.15, 0.2) is 68.9 Å². The van der Waals surface area contributed by atoms with Crippen LogP contribution in [0.4, 0.5) is 0 Å². The number of hydrogen-bond donors (Lipinski definition) is 0. The first-order valence-electron chi connectivity index (χ1n) is 6.18. The molecule has 2 rings (SSSR count). The summed E-state index contributed by atoms with van der Waals surface area (Å²) < 4.78 is 10.00. The summed E-state index contributed by atoms with van der Waals surface area (Å²) in [5, 5.41) is 0. The lowest BCUT2D eigenvalue weighted by Crippen LogP contribution is -1.98. The van der Waals surface area contributed by atoms with Crippen LogP contribution in [0, 0.1) is 0 Å². The summed E-state index contributed by atoms with van der Waals surface area (Å²) >= 11 is 0. The van der Waals surface area contributed by atoms with Crippen LogP contribution in [-0.2, 0) is 0 Å². The topological polar surface area (TPSA) is 51.8 Å². The Hall–Kier alpha value is -2.62. The highest BCUT2D eigenvalue weighted by Gasteiger charge is 1.98. The summed E-state index contributed by atoms with van der Waals surface area (Å²) in [4.78, 5) is 15.4. The van der Waals surface area contributed by atoms with Gasteiger partial charge in [0.1, 0.15) is 11.5 Å². The molecule has 102 valence electrons. The van der Waals surface area contributed by atoms with E-state index in [1.165, 1.54) is 13.2 Å². The summed E-state index contributed by atoms with van der Waals surface area (Å²) in [6.45, 7) is 0. The second-order valence-electron chi connectivity index (χ2n) is 4.02. The van der Waals surface area contributed by atoms with Crippen molar-refractivity contribution in [3.8, 4) is 5.75 Å². The fraction of sp³-hybridized carbons (Fsp3) is 0.125. The highest BCUT2D eigenvalue weighted by Crippen LogP contribution is 2.10. The van der Waals surface area contributed by atoms with Gasteiger partial charge in [-0.3, -0.25) is 4.99 Å². The number of hydrogen-bond acceptors (Lipinski definition) is 4. The molecule has 0 amide bonds. The lowest BCUT2D eigenvalue weighted by molar-refractivity contribution is 0.400. The van der Waals surface area contributed by atoms with Crippen molar-refractivity contribution in [1.82, 2.24) is 0 Å². The molecule has 0 N–H and O–H groups in total. The standard InChI is InChI=1S/C16H15NO3/c1-19-15-11-14(20-16(18)12-15)9-5-3-2-4-7-13-8-6-10-17-13/h2-13H,1H3/b3-2+,7-4+,9-5+. The van der Waals surface area contributed by atoms with Gasteiger partial charge in [0.15, 0.2) is 0 Å². The SMILES string of the molecule is COc1cc(/C=C/C=C/C=C/C2C=CC=N2)oc(=O)c1. The molecule has 0 saturated carbocycles. The van der Waals surface area contributed by atoms with Crippen LogP contribution < -0.4 is 10.4 Å². The van der Waals surface area contributed by atoms with Crippen LogP contribution >= 0.6 is 0 Å². The molecule has 1 unspecified atom stereocenters. The third kappa shape index (κ3) is 4.24. The van der Waals surface area contributed by atoms with Crippen LogP contribution in [0.2, 0.25) is 0 Å². The fourth-order valence-electron chi connectivity index (χ4n) is 1.61. The number of nitrogens with zero attached hydrogens (tertiary/aromatic N) is 1. The van der Waals surface area contributed by atoms with Crippen molar-refractivity contribution < 1.29 is 9.15 Å². The van der Waals surface area contributed by atoms with E-state index in [4.69, 9.17) is 9.15 Å². The Bertz CT molecular complexity index is 636. The Morgan fingerprint density at radius 1 is 1.25 bits per heavy atom. The Morgan fingerprint density at radius 2 is 2.10 bits per heavy atom. The van der Waals surface area contributed by atoms with Gasteiger partial charge in [0, 0.05) is 12.3 Å². The molecule has 0 saturated heterocycles. The number of methoxy groups -OCH3 is 1. The first-order valence-corrected chi connectivity index (χ1v) is 6.18. The number of aliphatic imine (C=N–C) groups is 1. The maximum Gasteiger partial charge on any atom is 0.339 e. The van der Waals surface area contributed by atoms with Crippen molar-refractivity contribution in [2.45, 2.75) is 6.04 Å². The highest BCUT2D eigenvalue weighted by molar-refractivity contribution is 5.74. The summed E-state index contributed by atoms with van der Waals surface area (Å²) in [6.07, 6.45) is 16.8. The van der Waals surface area contributed by atoms with Gasteiger partial charge in [-0.2, -0.15) is 0 Å². The Labute approximate surface area is 117 Å². The third-order valence-corrected chi connectivity index (χ3v) is 2.55. The molecule has 1 aromatic heterocycles. The molecule has 4 heteroatoms. The molecule has 1 aromatic rings. The van der Waals surface area contributed by atoms with Crippen LogP contribution in [-0.4, -0.2) is 19.4 Å². The number of ether oxygens (including phenoxy) is 1. The molecule has 0 aromatic carbocycles. The monoisotopic (exact) mass is 269 g/mol. The minimum absolute atomic E-state index is 0.139. The van der Waals surface area contributed by atoms with E-state index in [0.29, 0.717) is 11.5 Å². The van der Waals surface area contributed by atoms with Crippen LogP contribution in [0.1, 0.15) is 5.76 Å². The number of allylic oxidation sites excluding steroid dienone is 5. The van der Waals surface area contributed by atoms with E-state index in [-0.39, 0.29) is 6.04 Å². The van der Waals surface area contributed by atoms with Crippen molar-refractivity contribution in [1.29, 1.82) is 0 Å². The van der Waals surface area contributed by atoms with Crippen molar-refractivity contribution in [2.24, 2.45) is 4.99 Å². The van der Waals surface area contributed by atoms with Crippen molar-refractivity contribution in [2.75, 3.05) is 7.11 Å². The highest BCUT2D eigenvalue weighted by atomic mass is 16.5. The molecule has 1 aliphatic rings. The van der Waals surface area contributed by atoms with Crippen LogP contribution in [0.25, 0.3) is 6.08 Å². The van der Waals surface area contributed by atoms with Gasteiger partial charge < -0.3 is 9.15 Å². The fourth-order valence-corrected chi connectivity index (χ4v) is 1.61. The lowest BCUT2D eigenvalue weighted by atomic mass is 10.2. The van der Waals surface area contributed by atoms with E-state index in [0.717, 1.165) is 0 Å². The van der Waals surface area contributed by atoms with Gasteiger partial charge in [0.05, 0.1) is 19.2 Å². The molecular weight excluding hydrogens is 254 g/mol. The second kappa shape index (κ2) is 7.09. The molecule has 4 nitrogen and oxygen atoms in total. The van der Waals surface area contributed by atoms with Gasteiger partial charge in [0.25, 0.3) is 0 Å². The van der Waals surface area contributed by atoms with Crippen LogP contribution in [0.3, 0.4) is 0 Å². The Balaban J connectivity index is 1.92. The summed E-state index contributed by atoms with van der Waals surface area (Å²) in [7, 11) is 1.51. The molecule has 2 heterocycles. The maximum absolute atomic E-state index is 11.2. The summed E-state index contributed by atoms with van der Waals surface area (Å²) in [6, 6.07) is 3.09. The maximum atomic E-state index is 11.2. The average molecular weight is 269 g/mol. The quantitative estimate of drug-likeness (QED) is 0.772. The molecule has 0 bridgehead atoms. The molecule has 20 heavy (non-hydrogen) atoms. The van der Waals surface area contributed by atoms with E-state index >= 15 is 0 Å². The molecule has 0 spiro atoms. The Kier molecular flexibility index (Phi) is 4.89. The number of rotatable bonds is 5. The van der Waals surface area contributed by atoms with Crippen molar-refractivity contribution in [3.05, 3.63) is 70.8 Å². The predicted molar refractivity (Wildman–Crippen MR) is 80.3 cm³/mol. The van der Waals surface area contributed by atoms with Gasteiger partial charge in [-0.1, -0.05) is 36.5 Å². The molecule has 0 fully saturated rings. The smallest absolute Gasteiger partial charge is 0.339 e. The zero-order valence-electron chi connectivity index (χ0n) is 11.1. The molecular formula is C16H15NO3. The average Bonchev–Trinajstić information content (AvgIpc) is 2.95. The molecule has 0 aliphatic carbocycles. The first-order chi connectivity index (χ1) is 9.78. The molecule has 1 atom stereocenters. The van der Waals surface area contributed by atoms with Crippen LogP contribution in [0.5, 0.6) is 5.75 Å². The van der Waals surface area contributed by atoms with Gasteiger partial charge in [0.2, 0.25) is 0 Å². The van der Waals surface area contributed by atoms with E-state index < -0.39 is 5.63 Å². The van der Waals surface area contributed by atoms with E-state index in [1.54, 1.807) is 24.4 Å². The molecule has 1 aliphatic heterocycles. The zero-order chi connectivity index (χ0) is 14.2. The lowest BCUT2D eigenvalue weighted by Gasteiger charge is -1.97. The van der Waals surface area contributed by atoms with Gasteiger partial charge >= 0.3 is 5.63 Å². The predicted octanol–water partition coefficient (Wildman–Crippen LogP) is 2.78. The van der Waals surface area contributed by atoms with Crippen molar-refractivity contribution >= 4 is 12.3 Å².